The Bertz CT molecular complexity index is 326. The minimum atomic E-state index is -0.516. The van der Waals surface area contributed by atoms with Crippen LogP contribution in [0.2, 0.25) is 0 Å². The Labute approximate surface area is 95.2 Å². The van der Waals surface area contributed by atoms with Crippen molar-refractivity contribution in [3.05, 3.63) is 35.9 Å². The molecule has 2 N–H and O–H groups in total. The highest BCUT2D eigenvalue weighted by Gasteiger charge is 2.17. The van der Waals surface area contributed by atoms with Gasteiger partial charge in [0.15, 0.2) is 0 Å². The van der Waals surface area contributed by atoms with E-state index in [1.165, 1.54) is 7.11 Å². The Kier molecular flexibility index (Phi) is 4.95. The molecule has 4 nitrogen and oxygen atoms in total. The fourth-order valence-electron chi connectivity index (χ4n) is 1.32. The van der Waals surface area contributed by atoms with Gasteiger partial charge in [-0.3, -0.25) is 4.79 Å². The molecule has 0 aromatic heterocycles. The lowest BCUT2D eigenvalue weighted by Gasteiger charge is -2.18. The van der Waals surface area contributed by atoms with E-state index < -0.39 is 6.10 Å². The fraction of sp³-hybridized carbons (Fsp3) is 0.417. The molecule has 0 bridgehead atoms. The summed E-state index contributed by atoms with van der Waals surface area (Å²) < 4.78 is 4.90. The summed E-state index contributed by atoms with van der Waals surface area (Å²) in [6, 6.07) is 8.95. The number of nitrogens with one attached hydrogen (secondary N) is 1. The average molecular weight is 223 g/mol. The van der Waals surface area contributed by atoms with E-state index in [0.717, 1.165) is 5.56 Å². The monoisotopic (exact) mass is 223 g/mol. The molecule has 0 spiro atoms. The highest BCUT2D eigenvalue weighted by molar-refractivity contribution is 5.80. The van der Waals surface area contributed by atoms with Crippen LogP contribution in [0.25, 0.3) is 0 Å². The molecule has 88 valence electrons. The largest absolute Gasteiger partial charge is 0.394 e. The van der Waals surface area contributed by atoms with Gasteiger partial charge in [0.2, 0.25) is 5.91 Å². The first-order valence-corrected chi connectivity index (χ1v) is 5.18. The molecule has 0 saturated carbocycles. The molecule has 0 saturated heterocycles. The van der Waals surface area contributed by atoms with Gasteiger partial charge in [-0.15, -0.1) is 0 Å². The third-order valence-corrected chi connectivity index (χ3v) is 2.42. The Balaban J connectivity index is 2.66. The number of ether oxygens (including phenoxy) is 1. The number of carbonyl (C=O) groups is 1. The maximum Gasteiger partial charge on any atom is 0.249 e. The molecule has 4 heteroatoms. The van der Waals surface area contributed by atoms with Crippen molar-refractivity contribution in [2.75, 3.05) is 13.7 Å². The molecular weight excluding hydrogens is 206 g/mol. The van der Waals surface area contributed by atoms with Crippen molar-refractivity contribution in [3.63, 3.8) is 0 Å². The Morgan fingerprint density at radius 3 is 2.56 bits per heavy atom. The van der Waals surface area contributed by atoms with Gasteiger partial charge in [0, 0.05) is 7.11 Å². The third kappa shape index (κ3) is 3.32. The number of aliphatic hydroxyl groups is 1. The first-order chi connectivity index (χ1) is 7.69. The SMILES string of the molecule is COC(C)C(=O)N[C@H](CO)c1ccccc1. The lowest BCUT2D eigenvalue weighted by Crippen LogP contribution is -2.37. The zero-order chi connectivity index (χ0) is 12.0. The van der Waals surface area contributed by atoms with Gasteiger partial charge in [0.1, 0.15) is 6.10 Å². The third-order valence-electron chi connectivity index (χ3n) is 2.42. The summed E-state index contributed by atoms with van der Waals surface area (Å²) in [5.74, 6) is -0.231. The van der Waals surface area contributed by atoms with Crippen LogP contribution in [0.4, 0.5) is 0 Å². The van der Waals surface area contributed by atoms with Gasteiger partial charge in [0.05, 0.1) is 12.6 Å². The van der Waals surface area contributed by atoms with Gasteiger partial charge in [-0.1, -0.05) is 30.3 Å². The van der Waals surface area contributed by atoms with E-state index in [4.69, 9.17) is 4.74 Å². The van der Waals surface area contributed by atoms with Crippen LogP contribution in [0.15, 0.2) is 30.3 Å². The molecule has 0 aliphatic rings. The van der Waals surface area contributed by atoms with Crippen molar-refractivity contribution in [1.82, 2.24) is 5.32 Å². The number of aliphatic hydroxyl groups excluding tert-OH is 1. The predicted molar refractivity (Wildman–Crippen MR) is 60.9 cm³/mol. The van der Waals surface area contributed by atoms with E-state index >= 15 is 0 Å². The van der Waals surface area contributed by atoms with Gasteiger partial charge in [-0.25, -0.2) is 0 Å². The highest BCUT2D eigenvalue weighted by atomic mass is 16.5. The molecule has 0 aliphatic carbocycles. The quantitative estimate of drug-likeness (QED) is 0.778. The number of methoxy groups -OCH3 is 1. The summed E-state index contributed by atoms with van der Waals surface area (Å²) >= 11 is 0. The first-order valence-electron chi connectivity index (χ1n) is 5.18. The van der Waals surface area contributed by atoms with Crippen LogP contribution in [-0.4, -0.2) is 30.8 Å². The molecule has 1 aromatic rings. The van der Waals surface area contributed by atoms with E-state index in [-0.39, 0.29) is 18.6 Å². The van der Waals surface area contributed by atoms with E-state index in [1.54, 1.807) is 6.92 Å². The van der Waals surface area contributed by atoms with E-state index in [0.29, 0.717) is 0 Å². The molecule has 0 heterocycles. The van der Waals surface area contributed by atoms with E-state index in [9.17, 15) is 9.90 Å². The van der Waals surface area contributed by atoms with E-state index in [2.05, 4.69) is 5.32 Å². The van der Waals surface area contributed by atoms with Crippen LogP contribution < -0.4 is 5.32 Å². The fourth-order valence-corrected chi connectivity index (χ4v) is 1.32. The summed E-state index contributed by atoms with van der Waals surface area (Å²) in [5, 5.41) is 11.9. The lowest BCUT2D eigenvalue weighted by atomic mass is 10.1. The average Bonchev–Trinajstić information content (AvgIpc) is 2.35. The maximum absolute atomic E-state index is 11.6. The molecule has 1 rings (SSSR count). The summed E-state index contributed by atoms with van der Waals surface area (Å²) in [6.45, 7) is 1.53. The van der Waals surface area contributed by atoms with Crippen LogP contribution in [-0.2, 0) is 9.53 Å². The van der Waals surface area contributed by atoms with Crippen LogP contribution in [0.3, 0.4) is 0 Å². The smallest absolute Gasteiger partial charge is 0.249 e. The molecule has 1 unspecified atom stereocenters. The second-order valence-electron chi connectivity index (χ2n) is 3.53. The molecular formula is C12H17NO3. The zero-order valence-electron chi connectivity index (χ0n) is 9.51. The van der Waals surface area contributed by atoms with Gasteiger partial charge in [-0.05, 0) is 12.5 Å². The highest BCUT2D eigenvalue weighted by Crippen LogP contribution is 2.11. The van der Waals surface area contributed by atoms with Crippen molar-refractivity contribution in [1.29, 1.82) is 0 Å². The zero-order valence-corrected chi connectivity index (χ0v) is 9.51. The first kappa shape index (κ1) is 12.7. The number of rotatable bonds is 5. The molecule has 1 amide bonds. The number of carbonyl (C=O) groups excluding carboxylic acids is 1. The van der Waals surface area contributed by atoms with Gasteiger partial charge in [-0.2, -0.15) is 0 Å². The van der Waals surface area contributed by atoms with E-state index in [1.807, 2.05) is 30.3 Å². The number of amides is 1. The van der Waals surface area contributed by atoms with Crippen molar-refractivity contribution in [2.45, 2.75) is 19.1 Å². The molecule has 2 atom stereocenters. The van der Waals surface area contributed by atoms with Crippen LogP contribution in [0.1, 0.15) is 18.5 Å². The Hall–Kier alpha value is -1.39. The van der Waals surface area contributed by atoms with Crippen molar-refractivity contribution in [2.24, 2.45) is 0 Å². The predicted octanol–water partition coefficient (Wildman–Crippen LogP) is 0.871. The molecule has 0 radical (unpaired) electrons. The normalized spacial score (nSPS) is 14.2. The lowest BCUT2D eigenvalue weighted by molar-refractivity contribution is -0.131. The summed E-state index contributed by atoms with van der Waals surface area (Å²) in [6.07, 6.45) is -0.516. The van der Waals surface area contributed by atoms with Crippen LogP contribution in [0, 0.1) is 0 Å². The van der Waals surface area contributed by atoms with Crippen LogP contribution in [0.5, 0.6) is 0 Å². The second kappa shape index (κ2) is 6.25. The number of hydrogen-bond donors (Lipinski definition) is 2. The minimum Gasteiger partial charge on any atom is -0.394 e. The molecule has 1 aromatic carbocycles. The number of hydrogen-bond acceptors (Lipinski definition) is 3. The summed E-state index contributed by atoms with van der Waals surface area (Å²) in [4.78, 5) is 11.6. The van der Waals surface area contributed by atoms with Crippen molar-refractivity contribution in [3.8, 4) is 0 Å². The summed E-state index contributed by atoms with van der Waals surface area (Å²) in [5.41, 5.74) is 0.877. The van der Waals surface area contributed by atoms with Gasteiger partial charge < -0.3 is 15.2 Å². The van der Waals surface area contributed by atoms with Crippen molar-refractivity contribution >= 4 is 5.91 Å². The Morgan fingerprint density at radius 2 is 2.06 bits per heavy atom. The molecule has 16 heavy (non-hydrogen) atoms. The van der Waals surface area contributed by atoms with Gasteiger partial charge >= 0.3 is 0 Å². The topological polar surface area (TPSA) is 58.6 Å². The second-order valence-corrected chi connectivity index (χ2v) is 3.53. The molecule has 0 aliphatic heterocycles. The minimum absolute atomic E-state index is 0.133. The Morgan fingerprint density at radius 1 is 1.44 bits per heavy atom. The van der Waals surface area contributed by atoms with Crippen molar-refractivity contribution < 1.29 is 14.6 Å². The summed E-state index contributed by atoms with van der Waals surface area (Å²) in [7, 11) is 1.47. The molecule has 0 fully saturated rings. The number of benzene rings is 1. The van der Waals surface area contributed by atoms with Gasteiger partial charge in [0.25, 0.3) is 0 Å². The standard InChI is InChI=1S/C12H17NO3/c1-9(16-2)12(15)13-11(8-14)10-6-4-3-5-7-10/h3-7,9,11,14H,8H2,1-2H3,(H,13,15)/t9?,11-/m1/s1. The maximum atomic E-state index is 11.6. The van der Waals surface area contributed by atoms with Crippen LogP contribution >= 0.6 is 0 Å².